The first kappa shape index (κ1) is 9.05. The molecule has 6 heteroatoms. The van der Waals surface area contributed by atoms with E-state index in [4.69, 9.17) is 0 Å². The first-order chi connectivity index (χ1) is 5.52. The van der Waals surface area contributed by atoms with Crippen molar-refractivity contribution < 1.29 is 21.6 Å². The zero-order valence-corrected chi connectivity index (χ0v) is 6.45. The van der Waals surface area contributed by atoms with Gasteiger partial charge in [-0.3, -0.25) is 0 Å². The Labute approximate surface area is 67.6 Å². The van der Waals surface area contributed by atoms with Crippen LogP contribution in [-0.4, -0.2) is 8.42 Å². The van der Waals surface area contributed by atoms with Crippen LogP contribution in [0.25, 0.3) is 0 Å². The summed E-state index contributed by atoms with van der Waals surface area (Å²) in [5, 5.41) is 0. The Kier molecular flexibility index (Phi) is 2.37. The van der Waals surface area contributed by atoms with Crippen LogP contribution >= 0.6 is 0 Å². The Bertz CT molecular complexity index is 355. The second kappa shape index (κ2) is 3.14. The van der Waals surface area contributed by atoms with E-state index in [2.05, 4.69) is 0 Å². The largest absolute Gasteiger partial charge is 0.227 e. The Morgan fingerprint density at radius 1 is 1.00 bits per heavy atom. The van der Waals surface area contributed by atoms with Gasteiger partial charge >= 0.3 is 0 Å². The fourth-order valence-electron chi connectivity index (χ4n) is 0.709. The number of rotatable bonds is 1. The van der Waals surface area contributed by atoms with Crippen molar-refractivity contribution in [2.45, 2.75) is 4.90 Å². The molecule has 0 spiro atoms. The van der Waals surface area contributed by atoms with Crippen LogP contribution in [0.4, 0.5) is 13.2 Å². The van der Waals surface area contributed by atoms with E-state index in [0.29, 0.717) is 12.1 Å². The molecule has 0 aliphatic heterocycles. The zero-order chi connectivity index (χ0) is 9.30. The maximum atomic E-state index is 12.5. The molecule has 66 valence electrons. The van der Waals surface area contributed by atoms with Crippen molar-refractivity contribution in [2.75, 3.05) is 0 Å². The van der Waals surface area contributed by atoms with Gasteiger partial charge in [-0.1, -0.05) is 0 Å². The summed E-state index contributed by atoms with van der Waals surface area (Å²) in [7, 11) is -3.37. The molecule has 1 aromatic carbocycles. The summed E-state index contributed by atoms with van der Waals surface area (Å²) in [5.41, 5.74) is 0. The average Bonchev–Trinajstić information content (AvgIpc) is 1.82. The molecule has 0 aromatic heterocycles. The molecule has 0 N–H and O–H groups in total. The Balaban J connectivity index is 3.48. The van der Waals surface area contributed by atoms with Gasteiger partial charge in [0.1, 0.15) is 22.3 Å². The molecule has 0 amide bonds. The summed E-state index contributed by atoms with van der Waals surface area (Å²) in [6, 6.07) is 0.618. The van der Waals surface area contributed by atoms with E-state index >= 15 is 0 Å². The van der Waals surface area contributed by atoms with E-state index < -0.39 is 33.1 Å². The lowest BCUT2D eigenvalue weighted by molar-refractivity contribution is 0.501. The third kappa shape index (κ3) is 1.58. The molecule has 0 radical (unpaired) electrons. The van der Waals surface area contributed by atoms with Crippen LogP contribution in [0.1, 0.15) is 0 Å². The summed E-state index contributed by atoms with van der Waals surface area (Å²) in [5.74, 6) is -3.97. The van der Waals surface area contributed by atoms with Gasteiger partial charge in [0.05, 0.1) is 0 Å². The third-order valence-electron chi connectivity index (χ3n) is 1.16. The number of hydrogen-bond donors (Lipinski definition) is 1. The number of benzene rings is 1. The molecule has 0 saturated carbocycles. The maximum Gasteiger partial charge on any atom is 0.174 e. The van der Waals surface area contributed by atoms with Crippen molar-refractivity contribution in [3.63, 3.8) is 0 Å². The Morgan fingerprint density at radius 3 is 1.75 bits per heavy atom. The van der Waals surface area contributed by atoms with Crippen molar-refractivity contribution in [3.05, 3.63) is 29.6 Å². The van der Waals surface area contributed by atoms with Crippen LogP contribution in [0.5, 0.6) is 0 Å². The van der Waals surface area contributed by atoms with E-state index in [1.54, 1.807) is 0 Å². The van der Waals surface area contributed by atoms with Crippen LogP contribution in [-0.2, 0) is 10.7 Å². The van der Waals surface area contributed by atoms with Gasteiger partial charge < -0.3 is 0 Å². The van der Waals surface area contributed by atoms with Crippen molar-refractivity contribution in [1.29, 1.82) is 0 Å². The molecule has 0 heterocycles. The Hall–Kier alpha value is -1.04. The highest BCUT2D eigenvalue weighted by Gasteiger charge is 2.12. The number of thiol groups is 1. The maximum absolute atomic E-state index is 12.5. The van der Waals surface area contributed by atoms with Gasteiger partial charge in [-0.15, -0.1) is 0 Å². The highest BCUT2D eigenvalue weighted by molar-refractivity contribution is 7.72. The average molecular weight is 196 g/mol. The fraction of sp³-hybridized carbons (Fsp3) is 0. The van der Waals surface area contributed by atoms with Gasteiger partial charge in [0.2, 0.25) is 0 Å². The molecule has 0 aliphatic carbocycles. The van der Waals surface area contributed by atoms with Gasteiger partial charge in [0.15, 0.2) is 10.7 Å². The van der Waals surface area contributed by atoms with E-state index in [-0.39, 0.29) is 0 Å². The number of halogens is 3. The first-order valence-electron chi connectivity index (χ1n) is 2.81. The molecule has 0 bridgehead atoms. The predicted molar refractivity (Wildman–Crippen MR) is 34.9 cm³/mol. The molecule has 2 nitrogen and oxygen atoms in total. The molecule has 12 heavy (non-hydrogen) atoms. The molecule has 1 aromatic rings. The molecule has 1 rings (SSSR count). The molecular formula is C6H3F3O2S. The number of hydrogen-bond acceptors (Lipinski definition) is 2. The highest BCUT2D eigenvalue weighted by Crippen LogP contribution is 2.15. The minimum Gasteiger partial charge on any atom is -0.227 e. The van der Waals surface area contributed by atoms with Crippen molar-refractivity contribution in [2.24, 2.45) is 0 Å². The molecule has 0 atom stereocenters. The SMILES string of the molecule is O=[SH](=O)c1c(F)cc(F)cc1F. The van der Waals surface area contributed by atoms with E-state index in [9.17, 15) is 21.6 Å². The smallest absolute Gasteiger partial charge is 0.174 e. The minimum atomic E-state index is -3.37. The van der Waals surface area contributed by atoms with Crippen LogP contribution < -0.4 is 0 Å². The van der Waals surface area contributed by atoms with Crippen molar-refractivity contribution in [3.8, 4) is 0 Å². The lowest BCUT2D eigenvalue weighted by atomic mass is 10.3. The molecular weight excluding hydrogens is 193 g/mol. The normalized spacial score (nSPS) is 10.7. The monoisotopic (exact) mass is 196 g/mol. The van der Waals surface area contributed by atoms with Crippen molar-refractivity contribution >= 4 is 10.7 Å². The second-order valence-electron chi connectivity index (χ2n) is 1.98. The molecule has 0 unspecified atom stereocenters. The third-order valence-corrected chi connectivity index (χ3v) is 1.96. The van der Waals surface area contributed by atoms with Crippen LogP contribution in [0.3, 0.4) is 0 Å². The topological polar surface area (TPSA) is 34.1 Å². The van der Waals surface area contributed by atoms with Crippen LogP contribution in [0.15, 0.2) is 17.0 Å². The van der Waals surface area contributed by atoms with E-state index in [0.717, 1.165) is 0 Å². The summed E-state index contributed by atoms with van der Waals surface area (Å²) in [6.07, 6.45) is 0. The van der Waals surface area contributed by atoms with Crippen LogP contribution in [0.2, 0.25) is 0 Å². The Morgan fingerprint density at radius 2 is 1.42 bits per heavy atom. The van der Waals surface area contributed by atoms with E-state index in [1.807, 2.05) is 0 Å². The summed E-state index contributed by atoms with van der Waals surface area (Å²) in [4.78, 5) is -1.11. The lowest BCUT2D eigenvalue weighted by Crippen LogP contribution is -1.94. The summed E-state index contributed by atoms with van der Waals surface area (Å²) in [6.45, 7) is 0. The minimum absolute atomic E-state index is 0.309. The van der Waals surface area contributed by atoms with Gasteiger partial charge in [-0.2, -0.15) is 0 Å². The molecule has 0 saturated heterocycles. The highest BCUT2D eigenvalue weighted by atomic mass is 32.2. The quantitative estimate of drug-likeness (QED) is 0.682. The fourth-order valence-corrected chi connectivity index (χ4v) is 1.19. The lowest BCUT2D eigenvalue weighted by Gasteiger charge is -1.96. The summed E-state index contributed by atoms with van der Waals surface area (Å²) >= 11 is 0. The van der Waals surface area contributed by atoms with E-state index in [1.165, 1.54) is 0 Å². The first-order valence-corrected chi connectivity index (χ1v) is 3.99. The standard InChI is InChI=1S/C6H3F3O2S/c7-3-1-4(8)6(12(10)11)5(9)2-3/h1-2,12H. The van der Waals surface area contributed by atoms with Gasteiger partial charge in [0.25, 0.3) is 0 Å². The second-order valence-corrected chi connectivity index (χ2v) is 2.94. The van der Waals surface area contributed by atoms with Gasteiger partial charge in [-0.05, 0) is 0 Å². The van der Waals surface area contributed by atoms with Crippen LogP contribution in [0, 0.1) is 17.5 Å². The zero-order valence-electron chi connectivity index (χ0n) is 5.55. The van der Waals surface area contributed by atoms with Crippen molar-refractivity contribution in [1.82, 2.24) is 0 Å². The van der Waals surface area contributed by atoms with Gasteiger partial charge in [0, 0.05) is 12.1 Å². The molecule has 0 fully saturated rings. The van der Waals surface area contributed by atoms with Gasteiger partial charge in [-0.25, -0.2) is 21.6 Å². The molecule has 0 aliphatic rings. The summed E-state index contributed by atoms with van der Waals surface area (Å²) < 4.78 is 57.6. The predicted octanol–water partition coefficient (Wildman–Crippen LogP) is 1.07.